The molecule has 0 radical (unpaired) electrons. The highest BCUT2D eigenvalue weighted by Crippen LogP contribution is 2.21. The van der Waals surface area contributed by atoms with Gasteiger partial charge >= 0.3 is 0 Å². The van der Waals surface area contributed by atoms with E-state index in [2.05, 4.69) is 10.6 Å². The zero-order valence-corrected chi connectivity index (χ0v) is 12.4. The van der Waals surface area contributed by atoms with Crippen LogP contribution in [0.15, 0.2) is 42.5 Å². The smallest absolute Gasteiger partial charge is 0.255 e. The van der Waals surface area contributed by atoms with E-state index >= 15 is 0 Å². The lowest BCUT2D eigenvalue weighted by Crippen LogP contribution is -2.13. The summed E-state index contributed by atoms with van der Waals surface area (Å²) in [5.41, 5.74) is 3.93. The minimum Gasteiger partial charge on any atom is -0.326 e. The van der Waals surface area contributed by atoms with E-state index in [-0.39, 0.29) is 11.8 Å². The topological polar surface area (TPSA) is 58.2 Å². The maximum absolute atomic E-state index is 12.2. The predicted molar refractivity (Wildman–Crippen MR) is 84.6 cm³/mol. The molecule has 2 N–H and O–H groups in total. The summed E-state index contributed by atoms with van der Waals surface area (Å²) in [6.07, 6.45) is 0. The Balaban J connectivity index is 2.19. The molecule has 2 rings (SSSR count). The summed E-state index contributed by atoms with van der Waals surface area (Å²) in [6.45, 7) is 5.30. The average Bonchev–Trinajstić information content (AvgIpc) is 2.42. The number of hydrogen-bond donors (Lipinski definition) is 2. The van der Waals surface area contributed by atoms with E-state index in [1.807, 2.05) is 44.2 Å². The Hall–Kier alpha value is -2.62. The van der Waals surface area contributed by atoms with Gasteiger partial charge in [0.15, 0.2) is 0 Å². The van der Waals surface area contributed by atoms with Crippen LogP contribution < -0.4 is 10.6 Å². The Bertz CT molecular complexity index is 693. The number of amides is 2. The monoisotopic (exact) mass is 282 g/mol. The van der Waals surface area contributed by atoms with Crippen molar-refractivity contribution in [2.45, 2.75) is 20.8 Å². The molecule has 0 saturated heterocycles. The second kappa shape index (κ2) is 6.22. The Morgan fingerprint density at radius 2 is 1.71 bits per heavy atom. The van der Waals surface area contributed by atoms with Crippen molar-refractivity contribution < 1.29 is 9.59 Å². The van der Waals surface area contributed by atoms with Crippen LogP contribution >= 0.6 is 0 Å². The van der Waals surface area contributed by atoms with Crippen molar-refractivity contribution in [1.29, 1.82) is 0 Å². The quantitative estimate of drug-likeness (QED) is 0.905. The molecular weight excluding hydrogens is 264 g/mol. The number of benzene rings is 2. The second-order valence-corrected chi connectivity index (χ2v) is 5.03. The van der Waals surface area contributed by atoms with E-state index in [1.54, 1.807) is 12.1 Å². The molecule has 0 fully saturated rings. The lowest BCUT2D eigenvalue weighted by molar-refractivity contribution is -0.114. The Morgan fingerprint density at radius 3 is 2.38 bits per heavy atom. The highest BCUT2D eigenvalue weighted by atomic mass is 16.2. The summed E-state index contributed by atoms with van der Waals surface area (Å²) in [5.74, 6) is -0.309. The third-order valence-electron chi connectivity index (χ3n) is 3.09. The van der Waals surface area contributed by atoms with Gasteiger partial charge in [-0.1, -0.05) is 23.8 Å². The predicted octanol–water partition coefficient (Wildman–Crippen LogP) is 3.51. The average molecular weight is 282 g/mol. The normalized spacial score (nSPS) is 10.0. The third kappa shape index (κ3) is 3.92. The number of carbonyl (C=O) groups is 2. The molecule has 2 amide bonds. The van der Waals surface area contributed by atoms with Crippen molar-refractivity contribution in [3.8, 4) is 0 Å². The third-order valence-corrected chi connectivity index (χ3v) is 3.09. The summed E-state index contributed by atoms with van der Waals surface area (Å²) < 4.78 is 0. The van der Waals surface area contributed by atoms with Crippen molar-refractivity contribution in [3.05, 3.63) is 59.2 Å². The zero-order valence-electron chi connectivity index (χ0n) is 12.4. The summed E-state index contributed by atoms with van der Waals surface area (Å²) >= 11 is 0. The zero-order chi connectivity index (χ0) is 15.4. The molecule has 0 heterocycles. The van der Waals surface area contributed by atoms with Crippen LogP contribution in [0.4, 0.5) is 11.4 Å². The molecule has 108 valence electrons. The summed E-state index contributed by atoms with van der Waals surface area (Å²) in [4.78, 5) is 23.3. The van der Waals surface area contributed by atoms with E-state index in [0.29, 0.717) is 16.9 Å². The number of anilines is 2. The number of hydrogen-bond acceptors (Lipinski definition) is 2. The van der Waals surface area contributed by atoms with Gasteiger partial charge in [0.1, 0.15) is 0 Å². The van der Waals surface area contributed by atoms with Crippen LogP contribution in [-0.2, 0) is 4.79 Å². The Labute approximate surface area is 124 Å². The van der Waals surface area contributed by atoms with Crippen LogP contribution in [0.5, 0.6) is 0 Å². The van der Waals surface area contributed by atoms with Crippen molar-refractivity contribution in [1.82, 2.24) is 0 Å². The minimum atomic E-state index is -0.170. The van der Waals surface area contributed by atoms with Crippen LogP contribution in [-0.4, -0.2) is 11.8 Å². The molecule has 0 spiro atoms. The van der Waals surface area contributed by atoms with Crippen molar-refractivity contribution in [2.24, 2.45) is 0 Å². The van der Waals surface area contributed by atoms with Crippen LogP contribution in [0.2, 0.25) is 0 Å². The van der Waals surface area contributed by atoms with E-state index in [4.69, 9.17) is 0 Å². The van der Waals surface area contributed by atoms with E-state index in [9.17, 15) is 9.59 Å². The number of rotatable bonds is 3. The first-order valence-electron chi connectivity index (χ1n) is 6.72. The van der Waals surface area contributed by atoms with Gasteiger partial charge in [0, 0.05) is 23.9 Å². The van der Waals surface area contributed by atoms with Crippen LogP contribution in [0.25, 0.3) is 0 Å². The van der Waals surface area contributed by atoms with Gasteiger partial charge in [0.2, 0.25) is 5.91 Å². The maximum atomic E-state index is 12.2. The van der Waals surface area contributed by atoms with Crippen LogP contribution in [0, 0.1) is 13.8 Å². The molecule has 21 heavy (non-hydrogen) atoms. The van der Waals surface area contributed by atoms with Gasteiger partial charge in [-0.3, -0.25) is 9.59 Å². The first-order valence-corrected chi connectivity index (χ1v) is 6.72. The molecule has 4 nitrogen and oxygen atoms in total. The summed E-state index contributed by atoms with van der Waals surface area (Å²) in [7, 11) is 0. The summed E-state index contributed by atoms with van der Waals surface area (Å²) in [5, 5.41) is 5.58. The molecular formula is C17H18N2O2. The molecule has 0 saturated carbocycles. The van der Waals surface area contributed by atoms with Gasteiger partial charge in [-0.15, -0.1) is 0 Å². The molecule has 0 bridgehead atoms. The second-order valence-electron chi connectivity index (χ2n) is 5.03. The molecule has 0 unspecified atom stereocenters. The van der Waals surface area contributed by atoms with Crippen molar-refractivity contribution in [2.75, 3.05) is 10.6 Å². The van der Waals surface area contributed by atoms with Gasteiger partial charge in [-0.05, 0) is 43.7 Å². The van der Waals surface area contributed by atoms with Gasteiger partial charge in [-0.2, -0.15) is 0 Å². The van der Waals surface area contributed by atoms with Gasteiger partial charge in [0.05, 0.1) is 0 Å². The fourth-order valence-electron chi connectivity index (χ4n) is 2.01. The largest absolute Gasteiger partial charge is 0.326 e. The standard InChI is InChI=1S/C17H18N2O2/c1-11-5-4-6-14(9-11)17(21)19-15-8-7-12(2)16(10-15)18-13(3)20/h4-10H,1-3H3,(H,18,20)(H,19,21). The minimum absolute atomic E-state index is 0.139. The molecule has 2 aromatic rings. The van der Waals surface area contributed by atoms with E-state index < -0.39 is 0 Å². The maximum Gasteiger partial charge on any atom is 0.255 e. The number of nitrogens with one attached hydrogen (secondary N) is 2. The Morgan fingerprint density at radius 1 is 0.952 bits per heavy atom. The summed E-state index contributed by atoms with van der Waals surface area (Å²) in [6, 6.07) is 12.8. The Kier molecular flexibility index (Phi) is 4.38. The van der Waals surface area contributed by atoms with E-state index in [0.717, 1.165) is 11.1 Å². The highest BCUT2D eigenvalue weighted by Gasteiger charge is 2.08. The molecule has 0 aliphatic rings. The lowest BCUT2D eigenvalue weighted by atomic mass is 10.1. The number of carbonyl (C=O) groups excluding carboxylic acids is 2. The fraction of sp³-hybridized carbons (Fsp3) is 0.176. The van der Waals surface area contributed by atoms with Gasteiger partial charge in [-0.25, -0.2) is 0 Å². The van der Waals surface area contributed by atoms with Crippen LogP contribution in [0.3, 0.4) is 0 Å². The SMILES string of the molecule is CC(=O)Nc1cc(NC(=O)c2cccc(C)c2)ccc1C. The van der Waals surface area contributed by atoms with E-state index in [1.165, 1.54) is 6.92 Å². The van der Waals surface area contributed by atoms with Crippen molar-refractivity contribution >= 4 is 23.2 Å². The lowest BCUT2D eigenvalue weighted by Gasteiger charge is -2.10. The molecule has 2 aromatic carbocycles. The highest BCUT2D eigenvalue weighted by molar-refractivity contribution is 6.04. The first-order chi connectivity index (χ1) is 9.95. The molecule has 0 aromatic heterocycles. The van der Waals surface area contributed by atoms with Gasteiger partial charge in [0.25, 0.3) is 5.91 Å². The molecule has 4 heteroatoms. The molecule has 0 atom stereocenters. The molecule has 0 aliphatic carbocycles. The van der Waals surface area contributed by atoms with Crippen molar-refractivity contribution in [3.63, 3.8) is 0 Å². The fourth-order valence-corrected chi connectivity index (χ4v) is 2.01. The van der Waals surface area contributed by atoms with Crippen LogP contribution in [0.1, 0.15) is 28.4 Å². The number of aryl methyl sites for hydroxylation is 2. The molecule has 0 aliphatic heterocycles. The van der Waals surface area contributed by atoms with Gasteiger partial charge < -0.3 is 10.6 Å². The first kappa shape index (κ1) is 14.8.